The SMILES string of the molecule is Cc1nn(C)c2ncc3c(c12)CCCCC3. The average Bonchev–Trinajstić information content (AvgIpc) is 2.49. The Bertz CT molecular complexity index is 540. The number of rotatable bonds is 0. The van der Waals surface area contributed by atoms with E-state index in [9.17, 15) is 0 Å². The molecule has 0 unspecified atom stereocenters. The molecule has 3 rings (SSSR count). The Hall–Kier alpha value is -1.38. The van der Waals surface area contributed by atoms with Crippen LogP contribution in [0, 0.1) is 6.92 Å². The van der Waals surface area contributed by atoms with E-state index < -0.39 is 0 Å². The van der Waals surface area contributed by atoms with E-state index in [0.717, 1.165) is 11.3 Å². The zero-order valence-electron chi connectivity index (χ0n) is 9.95. The van der Waals surface area contributed by atoms with E-state index in [2.05, 4.69) is 23.2 Å². The van der Waals surface area contributed by atoms with Crippen LogP contribution in [0.25, 0.3) is 11.0 Å². The lowest BCUT2D eigenvalue weighted by molar-refractivity contribution is 0.712. The van der Waals surface area contributed by atoms with Crippen molar-refractivity contribution in [1.29, 1.82) is 0 Å². The van der Waals surface area contributed by atoms with E-state index in [1.165, 1.54) is 48.6 Å². The minimum atomic E-state index is 1.04. The lowest BCUT2D eigenvalue weighted by Gasteiger charge is -2.06. The molecular formula is C13H17N3. The van der Waals surface area contributed by atoms with E-state index in [4.69, 9.17) is 0 Å². The van der Waals surface area contributed by atoms with Gasteiger partial charge in [0, 0.05) is 18.6 Å². The summed E-state index contributed by atoms with van der Waals surface area (Å²) in [5, 5.41) is 5.79. The van der Waals surface area contributed by atoms with Gasteiger partial charge < -0.3 is 0 Å². The van der Waals surface area contributed by atoms with Crippen molar-refractivity contribution in [3.63, 3.8) is 0 Å². The molecule has 84 valence electrons. The van der Waals surface area contributed by atoms with Gasteiger partial charge in [0.1, 0.15) is 0 Å². The summed E-state index contributed by atoms with van der Waals surface area (Å²) < 4.78 is 1.90. The Morgan fingerprint density at radius 2 is 2.00 bits per heavy atom. The van der Waals surface area contributed by atoms with Gasteiger partial charge in [-0.25, -0.2) is 4.98 Å². The Kier molecular flexibility index (Phi) is 2.20. The number of pyridine rings is 1. The van der Waals surface area contributed by atoms with Crippen molar-refractivity contribution < 1.29 is 0 Å². The molecular weight excluding hydrogens is 198 g/mol. The Labute approximate surface area is 95.5 Å². The fourth-order valence-corrected chi connectivity index (χ4v) is 2.82. The maximum Gasteiger partial charge on any atom is 0.158 e. The second-order valence-corrected chi connectivity index (χ2v) is 4.73. The highest BCUT2D eigenvalue weighted by molar-refractivity contribution is 5.83. The topological polar surface area (TPSA) is 30.7 Å². The van der Waals surface area contributed by atoms with Crippen LogP contribution in [0.2, 0.25) is 0 Å². The molecule has 2 aromatic heterocycles. The largest absolute Gasteiger partial charge is 0.250 e. The molecule has 0 atom stereocenters. The fourth-order valence-electron chi connectivity index (χ4n) is 2.82. The van der Waals surface area contributed by atoms with E-state index in [1.807, 2.05) is 11.7 Å². The van der Waals surface area contributed by atoms with Crippen LogP contribution in [0.4, 0.5) is 0 Å². The van der Waals surface area contributed by atoms with Crippen LogP contribution < -0.4 is 0 Å². The normalized spacial score (nSPS) is 16.1. The monoisotopic (exact) mass is 215 g/mol. The third kappa shape index (κ3) is 1.34. The molecule has 3 nitrogen and oxygen atoms in total. The van der Waals surface area contributed by atoms with Gasteiger partial charge in [-0.2, -0.15) is 5.10 Å². The molecule has 0 N–H and O–H groups in total. The number of nitrogens with zero attached hydrogens (tertiary/aromatic N) is 3. The highest BCUT2D eigenvalue weighted by Gasteiger charge is 2.16. The van der Waals surface area contributed by atoms with E-state index in [1.54, 1.807) is 0 Å². The van der Waals surface area contributed by atoms with Crippen LogP contribution in [0.1, 0.15) is 36.1 Å². The molecule has 0 aromatic carbocycles. The maximum absolute atomic E-state index is 4.56. The quantitative estimate of drug-likeness (QED) is 0.632. The molecule has 3 heteroatoms. The van der Waals surface area contributed by atoms with Crippen molar-refractivity contribution in [3.8, 4) is 0 Å². The molecule has 0 aliphatic heterocycles. The molecule has 2 aromatic rings. The molecule has 1 aliphatic rings. The minimum absolute atomic E-state index is 1.04. The summed E-state index contributed by atoms with van der Waals surface area (Å²) in [4.78, 5) is 4.56. The molecule has 0 saturated carbocycles. The average molecular weight is 215 g/mol. The Balaban J connectivity index is 2.33. The maximum atomic E-state index is 4.56. The van der Waals surface area contributed by atoms with Crippen LogP contribution in [0.3, 0.4) is 0 Å². The summed E-state index contributed by atoms with van der Waals surface area (Å²) in [6.07, 6.45) is 8.40. The zero-order valence-corrected chi connectivity index (χ0v) is 9.95. The second-order valence-electron chi connectivity index (χ2n) is 4.73. The molecule has 1 aliphatic carbocycles. The first kappa shape index (κ1) is 9.82. The molecule has 0 fully saturated rings. The third-order valence-electron chi connectivity index (χ3n) is 3.60. The molecule has 2 heterocycles. The number of hydrogen-bond donors (Lipinski definition) is 0. The van der Waals surface area contributed by atoms with Crippen LogP contribution >= 0.6 is 0 Å². The van der Waals surface area contributed by atoms with Crippen molar-refractivity contribution in [2.75, 3.05) is 0 Å². The first-order valence-electron chi connectivity index (χ1n) is 6.07. The number of hydrogen-bond acceptors (Lipinski definition) is 2. The highest BCUT2D eigenvalue weighted by atomic mass is 15.3. The van der Waals surface area contributed by atoms with Crippen molar-refractivity contribution in [2.24, 2.45) is 7.05 Å². The summed E-state index contributed by atoms with van der Waals surface area (Å²) in [5.41, 5.74) is 5.12. The summed E-state index contributed by atoms with van der Waals surface area (Å²) in [6.45, 7) is 2.09. The molecule has 0 amide bonds. The van der Waals surface area contributed by atoms with Gasteiger partial charge in [0.15, 0.2) is 5.65 Å². The van der Waals surface area contributed by atoms with Crippen LogP contribution in [-0.4, -0.2) is 14.8 Å². The number of aryl methyl sites for hydroxylation is 4. The van der Waals surface area contributed by atoms with E-state index in [0.29, 0.717) is 0 Å². The van der Waals surface area contributed by atoms with Gasteiger partial charge in [-0.05, 0) is 43.7 Å². The van der Waals surface area contributed by atoms with Crippen LogP contribution in [0.5, 0.6) is 0 Å². The van der Waals surface area contributed by atoms with Crippen molar-refractivity contribution in [3.05, 3.63) is 23.0 Å². The number of aromatic nitrogens is 3. The van der Waals surface area contributed by atoms with E-state index in [-0.39, 0.29) is 0 Å². The van der Waals surface area contributed by atoms with Gasteiger partial charge in [-0.1, -0.05) is 6.42 Å². The lowest BCUT2D eigenvalue weighted by atomic mass is 10.0. The van der Waals surface area contributed by atoms with Crippen LogP contribution in [-0.2, 0) is 19.9 Å². The molecule has 0 spiro atoms. The first-order chi connectivity index (χ1) is 7.77. The standard InChI is InChI=1S/C13H17N3/c1-9-12-11-7-5-3-4-6-10(11)8-14-13(12)16(2)15-9/h8H,3-7H2,1-2H3. The predicted octanol–water partition coefficient (Wildman–Crippen LogP) is 2.55. The predicted molar refractivity (Wildman–Crippen MR) is 64.5 cm³/mol. The fraction of sp³-hybridized carbons (Fsp3) is 0.538. The van der Waals surface area contributed by atoms with Gasteiger partial charge >= 0.3 is 0 Å². The first-order valence-corrected chi connectivity index (χ1v) is 6.07. The summed E-state index contributed by atoms with van der Waals surface area (Å²) in [5.74, 6) is 0. The van der Waals surface area contributed by atoms with Crippen LogP contribution in [0.15, 0.2) is 6.20 Å². The van der Waals surface area contributed by atoms with Gasteiger partial charge in [0.2, 0.25) is 0 Å². The molecule has 0 bridgehead atoms. The minimum Gasteiger partial charge on any atom is -0.250 e. The lowest BCUT2D eigenvalue weighted by Crippen LogP contribution is -1.97. The van der Waals surface area contributed by atoms with Gasteiger partial charge in [0.25, 0.3) is 0 Å². The second kappa shape index (κ2) is 3.58. The summed E-state index contributed by atoms with van der Waals surface area (Å²) in [6, 6.07) is 0. The van der Waals surface area contributed by atoms with Gasteiger partial charge in [0.05, 0.1) is 5.69 Å². The number of fused-ring (bicyclic) bond motifs is 3. The summed E-state index contributed by atoms with van der Waals surface area (Å²) >= 11 is 0. The van der Waals surface area contributed by atoms with Gasteiger partial charge in [-0.3, -0.25) is 4.68 Å². The summed E-state index contributed by atoms with van der Waals surface area (Å²) in [7, 11) is 1.98. The Morgan fingerprint density at radius 1 is 1.19 bits per heavy atom. The third-order valence-corrected chi connectivity index (χ3v) is 3.60. The zero-order chi connectivity index (χ0) is 11.1. The van der Waals surface area contributed by atoms with Crippen molar-refractivity contribution in [1.82, 2.24) is 14.8 Å². The Morgan fingerprint density at radius 3 is 2.88 bits per heavy atom. The van der Waals surface area contributed by atoms with Crippen molar-refractivity contribution in [2.45, 2.75) is 39.0 Å². The molecule has 16 heavy (non-hydrogen) atoms. The highest BCUT2D eigenvalue weighted by Crippen LogP contribution is 2.28. The van der Waals surface area contributed by atoms with Crippen molar-refractivity contribution >= 4 is 11.0 Å². The van der Waals surface area contributed by atoms with Gasteiger partial charge in [-0.15, -0.1) is 0 Å². The smallest absolute Gasteiger partial charge is 0.158 e. The molecule has 0 saturated heterocycles. The van der Waals surface area contributed by atoms with E-state index >= 15 is 0 Å². The molecule has 0 radical (unpaired) electrons.